The minimum Gasteiger partial charge on any atom is -0.396 e. The number of halogens is 2. The van der Waals surface area contributed by atoms with E-state index in [4.69, 9.17) is 11.6 Å². The van der Waals surface area contributed by atoms with E-state index in [0.717, 1.165) is 5.69 Å². The van der Waals surface area contributed by atoms with Crippen LogP contribution in [0.5, 0.6) is 0 Å². The minimum absolute atomic E-state index is 0.00763. The van der Waals surface area contributed by atoms with Crippen molar-refractivity contribution in [1.82, 2.24) is 15.5 Å². The van der Waals surface area contributed by atoms with Gasteiger partial charge in [-0.1, -0.05) is 11.6 Å². The lowest BCUT2D eigenvalue weighted by molar-refractivity contribution is -0.138. The molecule has 8 nitrogen and oxygen atoms in total. The Morgan fingerprint density at radius 3 is 2.54 bits per heavy atom. The van der Waals surface area contributed by atoms with Crippen LogP contribution in [0.3, 0.4) is 0 Å². The van der Waals surface area contributed by atoms with Gasteiger partial charge in [-0.05, 0) is 31.5 Å². The van der Waals surface area contributed by atoms with Crippen molar-refractivity contribution < 1.29 is 23.9 Å². The summed E-state index contributed by atoms with van der Waals surface area (Å²) in [5, 5.41) is 14.4. The van der Waals surface area contributed by atoms with Gasteiger partial charge in [-0.25, -0.2) is 9.18 Å². The van der Waals surface area contributed by atoms with E-state index < -0.39 is 35.8 Å². The molecule has 2 aliphatic rings. The second kappa shape index (κ2) is 7.92. The van der Waals surface area contributed by atoms with Crippen LogP contribution < -0.4 is 15.5 Å². The summed E-state index contributed by atoms with van der Waals surface area (Å²) in [5.41, 5.74) is -0.456. The highest BCUT2D eigenvalue weighted by Gasteiger charge is 2.45. The summed E-state index contributed by atoms with van der Waals surface area (Å²) in [5.74, 6) is -2.07. The van der Waals surface area contributed by atoms with Crippen molar-refractivity contribution in [3.8, 4) is 0 Å². The number of amides is 4. The Labute approximate surface area is 166 Å². The van der Waals surface area contributed by atoms with E-state index in [0.29, 0.717) is 26.2 Å². The lowest BCUT2D eigenvalue weighted by Gasteiger charge is -2.38. The maximum absolute atomic E-state index is 13.3. The lowest BCUT2D eigenvalue weighted by Crippen LogP contribution is -2.53. The average molecular weight is 413 g/mol. The summed E-state index contributed by atoms with van der Waals surface area (Å²) in [6.45, 7) is 2.99. The SMILES string of the molecule is CC1(CC(CO)C(=O)N2CCN(c3ccc(F)c(Cl)c3)CC2)NC(=O)NC1=O. The molecule has 2 atom stereocenters. The van der Waals surface area contributed by atoms with Gasteiger partial charge in [0.1, 0.15) is 11.4 Å². The molecule has 152 valence electrons. The van der Waals surface area contributed by atoms with E-state index in [-0.39, 0.29) is 17.4 Å². The predicted molar refractivity (Wildman–Crippen MR) is 100 cm³/mol. The number of carbonyl (C=O) groups excluding carboxylic acids is 3. The Kier molecular flexibility index (Phi) is 5.76. The largest absolute Gasteiger partial charge is 0.396 e. The molecule has 3 rings (SSSR count). The topological polar surface area (TPSA) is 102 Å². The molecule has 4 amide bonds. The lowest BCUT2D eigenvalue weighted by atomic mass is 9.88. The normalized spacial score (nSPS) is 23.4. The van der Waals surface area contributed by atoms with Crippen LogP contribution in [0.4, 0.5) is 14.9 Å². The number of hydrogen-bond donors (Lipinski definition) is 3. The molecule has 1 aromatic carbocycles. The Hall–Kier alpha value is -2.39. The number of nitrogens with zero attached hydrogens (tertiary/aromatic N) is 2. The average Bonchev–Trinajstić information content (AvgIpc) is 2.93. The van der Waals surface area contributed by atoms with Gasteiger partial charge < -0.3 is 20.2 Å². The number of carbonyl (C=O) groups is 3. The van der Waals surface area contributed by atoms with Crippen LogP contribution in [0, 0.1) is 11.7 Å². The summed E-state index contributed by atoms with van der Waals surface area (Å²) in [6.07, 6.45) is 0.00763. The van der Waals surface area contributed by atoms with Gasteiger partial charge in [-0.3, -0.25) is 14.9 Å². The second-order valence-electron chi connectivity index (χ2n) is 7.23. The smallest absolute Gasteiger partial charge is 0.322 e. The van der Waals surface area contributed by atoms with Crippen LogP contribution in [0.25, 0.3) is 0 Å². The number of rotatable bonds is 5. The van der Waals surface area contributed by atoms with Gasteiger partial charge in [0.2, 0.25) is 5.91 Å². The first kappa shape index (κ1) is 20.3. The molecule has 0 saturated carbocycles. The number of aliphatic hydroxyl groups is 1. The zero-order chi connectivity index (χ0) is 20.5. The van der Waals surface area contributed by atoms with Gasteiger partial charge >= 0.3 is 6.03 Å². The number of aliphatic hydroxyl groups excluding tert-OH is 1. The molecular weight excluding hydrogens is 391 g/mol. The molecule has 2 heterocycles. The molecule has 2 aliphatic heterocycles. The van der Waals surface area contributed by atoms with Gasteiger partial charge in [0.25, 0.3) is 5.91 Å². The molecule has 0 aliphatic carbocycles. The molecule has 28 heavy (non-hydrogen) atoms. The Morgan fingerprint density at radius 1 is 1.32 bits per heavy atom. The highest BCUT2D eigenvalue weighted by atomic mass is 35.5. The number of hydrogen-bond acceptors (Lipinski definition) is 5. The first-order valence-corrected chi connectivity index (χ1v) is 9.34. The van der Waals surface area contributed by atoms with Gasteiger partial charge in [-0.2, -0.15) is 0 Å². The molecular formula is C18H22ClFN4O4. The van der Waals surface area contributed by atoms with E-state index >= 15 is 0 Å². The highest BCUT2D eigenvalue weighted by Crippen LogP contribution is 2.25. The third-order valence-electron chi connectivity index (χ3n) is 5.20. The molecule has 1 aromatic rings. The van der Waals surface area contributed by atoms with Gasteiger partial charge in [0.15, 0.2) is 0 Å². The van der Waals surface area contributed by atoms with E-state index in [1.807, 2.05) is 4.90 Å². The Morgan fingerprint density at radius 2 is 2.00 bits per heavy atom. The molecule has 0 radical (unpaired) electrons. The molecule has 10 heteroatoms. The van der Waals surface area contributed by atoms with Crippen molar-refractivity contribution in [3.05, 3.63) is 29.0 Å². The quantitative estimate of drug-likeness (QED) is 0.619. The van der Waals surface area contributed by atoms with Crippen LogP contribution in [-0.4, -0.2) is 66.2 Å². The molecule has 0 spiro atoms. The molecule has 2 unspecified atom stereocenters. The number of piperazine rings is 1. The van der Waals surface area contributed by atoms with Crippen molar-refractivity contribution >= 4 is 35.1 Å². The number of imide groups is 1. The third-order valence-corrected chi connectivity index (χ3v) is 5.49. The predicted octanol–water partition coefficient (Wildman–Crippen LogP) is 0.724. The fourth-order valence-electron chi connectivity index (χ4n) is 3.57. The fraction of sp³-hybridized carbons (Fsp3) is 0.500. The summed E-state index contributed by atoms with van der Waals surface area (Å²) < 4.78 is 13.3. The maximum atomic E-state index is 13.3. The maximum Gasteiger partial charge on any atom is 0.322 e. The molecule has 0 bridgehead atoms. The van der Waals surface area contributed by atoms with Crippen LogP contribution in [-0.2, 0) is 9.59 Å². The fourth-order valence-corrected chi connectivity index (χ4v) is 3.75. The first-order valence-electron chi connectivity index (χ1n) is 8.97. The Bertz CT molecular complexity index is 800. The van der Waals surface area contributed by atoms with E-state index in [2.05, 4.69) is 10.6 Å². The number of nitrogens with one attached hydrogen (secondary N) is 2. The number of anilines is 1. The minimum atomic E-state index is -1.23. The zero-order valence-electron chi connectivity index (χ0n) is 15.4. The monoisotopic (exact) mass is 412 g/mol. The molecule has 2 saturated heterocycles. The molecule has 0 aromatic heterocycles. The molecule has 2 fully saturated rings. The first-order chi connectivity index (χ1) is 13.2. The van der Waals surface area contributed by atoms with Gasteiger partial charge in [-0.15, -0.1) is 0 Å². The van der Waals surface area contributed by atoms with Crippen LogP contribution in [0.2, 0.25) is 5.02 Å². The third kappa shape index (κ3) is 4.05. The van der Waals surface area contributed by atoms with Crippen molar-refractivity contribution in [2.45, 2.75) is 18.9 Å². The van der Waals surface area contributed by atoms with Gasteiger partial charge in [0.05, 0.1) is 17.5 Å². The van der Waals surface area contributed by atoms with E-state index in [1.165, 1.54) is 13.0 Å². The molecule has 3 N–H and O–H groups in total. The Balaban J connectivity index is 1.61. The number of urea groups is 1. The number of benzene rings is 1. The van der Waals surface area contributed by atoms with Crippen molar-refractivity contribution in [2.24, 2.45) is 5.92 Å². The van der Waals surface area contributed by atoms with E-state index in [9.17, 15) is 23.9 Å². The van der Waals surface area contributed by atoms with Crippen molar-refractivity contribution in [3.63, 3.8) is 0 Å². The summed E-state index contributed by atoms with van der Waals surface area (Å²) in [7, 11) is 0. The van der Waals surface area contributed by atoms with Crippen LogP contribution in [0.1, 0.15) is 13.3 Å². The summed E-state index contributed by atoms with van der Waals surface area (Å²) in [6, 6.07) is 3.88. The van der Waals surface area contributed by atoms with E-state index in [1.54, 1.807) is 17.0 Å². The standard InChI is InChI=1S/C18H22ClFN4O4/c1-18(16(27)21-17(28)22-18)9-11(10-25)15(26)24-6-4-23(5-7-24)12-2-3-14(20)13(19)8-12/h2-3,8,11,25H,4-7,9-10H2,1H3,(H2,21,22,27,28). The second-order valence-corrected chi connectivity index (χ2v) is 7.64. The summed E-state index contributed by atoms with van der Waals surface area (Å²) >= 11 is 5.83. The zero-order valence-corrected chi connectivity index (χ0v) is 16.1. The highest BCUT2D eigenvalue weighted by molar-refractivity contribution is 6.31. The van der Waals surface area contributed by atoms with Crippen LogP contribution >= 0.6 is 11.6 Å². The summed E-state index contributed by atoms with van der Waals surface area (Å²) in [4.78, 5) is 39.8. The van der Waals surface area contributed by atoms with Crippen LogP contribution in [0.15, 0.2) is 18.2 Å². The van der Waals surface area contributed by atoms with Gasteiger partial charge in [0, 0.05) is 31.9 Å². The van der Waals surface area contributed by atoms with Crippen molar-refractivity contribution in [1.29, 1.82) is 0 Å². The van der Waals surface area contributed by atoms with Crippen molar-refractivity contribution in [2.75, 3.05) is 37.7 Å².